The fourth-order valence-corrected chi connectivity index (χ4v) is 5.00. The number of methoxy groups -OCH3 is 1. The summed E-state index contributed by atoms with van der Waals surface area (Å²) in [5, 5.41) is 2.70. The SMILES string of the molecule is CCC1=C(C(=O)OC)C(c2cccc(Oc3ccccc3)c2)N2C(CC(=O)N(C)CC)=CSC2=N1. The van der Waals surface area contributed by atoms with Crippen molar-refractivity contribution in [2.45, 2.75) is 32.7 Å². The number of fused-ring (bicyclic) bond motifs is 1. The van der Waals surface area contributed by atoms with Gasteiger partial charge in [0.25, 0.3) is 0 Å². The summed E-state index contributed by atoms with van der Waals surface area (Å²) in [6.45, 7) is 4.53. The Kier molecular flexibility index (Phi) is 7.60. The van der Waals surface area contributed by atoms with Crippen LogP contribution in [0.5, 0.6) is 11.5 Å². The van der Waals surface area contributed by atoms with Crippen LogP contribution >= 0.6 is 11.8 Å². The Morgan fingerprint density at radius 3 is 2.51 bits per heavy atom. The zero-order valence-corrected chi connectivity index (χ0v) is 21.2. The van der Waals surface area contributed by atoms with E-state index in [1.165, 1.54) is 18.9 Å². The van der Waals surface area contributed by atoms with E-state index in [0.717, 1.165) is 22.2 Å². The van der Waals surface area contributed by atoms with E-state index < -0.39 is 12.0 Å². The van der Waals surface area contributed by atoms with Gasteiger partial charge in [0.05, 0.1) is 30.8 Å². The number of ether oxygens (including phenoxy) is 2. The number of carbonyl (C=O) groups excluding carboxylic acids is 2. The van der Waals surface area contributed by atoms with Crippen molar-refractivity contribution in [2.75, 3.05) is 20.7 Å². The molecule has 0 bridgehead atoms. The van der Waals surface area contributed by atoms with Crippen molar-refractivity contribution in [3.05, 3.63) is 82.5 Å². The van der Waals surface area contributed by atoms with Gasteiger partial charge in [-0.15, -0.1) is 0 Å². The molecule has 8 heteroatoms. The molecule has 0 spiro atoms. The van der Waals surface area contributed by atoms with Crippen LogP contribution in [-0.2, 0) is 14.3 Å². The monoisotopic (exact) mass is 491 g/mol. The van der Waals surface area contributed by atoms with Crippen LogP contribution in [0.4, 0.5) is 0 Å². The molecule has 0 radical (unpaired) electrons. The number of esters is 1. The topological polar surface area (TPSA) is 71.4 Å². The minimum absolute atomic E-state index is 0.00500. The molecule has 2 aliphatic heterocycles. The maximum atomic E-state index is 13.1. The standard InChI is InChI=1S/C27H29N3O4S/c1-5-22-24(26(32)33-4)25(18-11-10-14-21(15-18)34-20-12-8-7-9-13-20)30-19(17-35-27(30)28-22)16-23(31)29(3)6-2/h7-15,17,25H,5-6,16H2,1-4H3. The van der Waals surface area contributed by atoms with Crippen molar-refractivity contribution in [3.8, 4) is 11.5 Å². The van der Waals surface area contributed by atoms with E-state index >= 15 is 0 Å². The molecule has 1 unspecified atom stereocenters. The highest BCUT2D eigenvalue weighted by molar-refractivity contribution is 8.16. The number of benzene rings is 2. The Hall–Kier alpha value is -3.52. The third-order valence-corrected chi connectivity index (χ3v) is 6.90. The first-order valence-electron chi connectivity index (χ1n) is 11.6. The van der Waals surface area contributed by atoms with Crippen LogP contribution in [0.2, 0.25) is 0 Å². The van der Waals surface area contributed by atoms with Gasteiger partial charge in [0.2, 0.25) is 5.91 Å². The Labute approximate surface area is 210 Å². The summed E-state index contributed by atoms with van der Waals surface area (Å²) in [4.78, 5) is 34.3. The van der Waals surface area contributed by atoms with E-state index in [1.54, 1.807) is 11.9 Å². The molecule has 0 fully saturated rings. The van der Waals surface area contributed by atoms with Crippen LogP contribution in [0.1, 0.15) is 38.3 Å². The van der Waals surface area contributed by atoms with E-state index in [2.05, 4.69) is 0 Å². The molecule has 182 valence electrons. The van der Waals surface area contributed by atoms with E-state index in [-0.39, 0.29) is 12.3 Å². The number of allylic oxidation sites excluding steroid dienone is 1. The van der Waals surface area contributed by atoms with Crippen LogP contribution < -0.4 is 4.74 Å². The van der Waals surface area contributed by atoms with Gasteiger partial charge in [-0.2, -0.15) is 0 Å². The number of para-hydroxylation sites is 1. The number of rotatable bonds is 8. The minimum Gasteiger partial charge on any atom is -0.466 e. The second kappa shape index (κ2) is 10.8. The molecule has 0 saturated heterocycles. The second-order valence-corrected chi connectivity index (χ2v) is 9.01. The van der Waals surface area contributed by atoms with Crippen molar-refractivity contribution in [2.24, 2.45) is 4.99 Å². The van der Waals surface area contributed by atoms with E-state index in [4.69, 9.17) is 14.5 Å². The number of hydrogen-bond donors (Lipinski definition) is 0. The third kappa shape index (κ3) is 5.12. The summed E-state index contributed by atoms with van der Waals surface area (Å²) in [6.07, 6.45) is 0.787. The lowest BCUT2D eigenvalue weighted by atomic mass is 9.92. The highest BCUT2D eigenvalue weighted by Crippen LogP contribution is 2.46. The smallest absolute Gasteiger partial charge is 0.338 e. The Morgan fingerprint density at radius 1 is 1.09 bits per heavy atom. The molecule has 7 nitrogen and oxygen atoms in total. The van der Waals surface area contributed by atoms with Crippen molar-refractivity contribution < 1.29 is 19.1 Å². The number of carbonyl (C=O) groups is 2. The quantitative estimate of drug-likeness (QED) is 0.455. The zero-order valence-electron chi connectivity index (χ0n) is 20.4. The summed E-state index contributed by atoms with van der Waals surface area (Å²) in [6, 6.07) is 16.7. The number of thioether (sulfide) groups is 1. The molecule has 0 N–H and O–H groups in total. The van der Waals surface area contributed by atoms with Crippen LogP contribution in [0.15, 0.2) is 82.0 Å². The fraction of sp³-hybridized carbons (Fsp3) is 0.296. The molecule has 4 rings (SSSR count). The Morgan fingerprint density at radius 2 is 1.83 bits per heavy atom. The summed E-state index contributed by atoms with van der Waals surface area (Å²) in [5.74, 6) is 0.945. The van der Waals surface area contributed by atoms with Gasteiger partial charge in [-0.1, -0.05) is 49.0 Å². The van der Waals surface area contributed by atoms with Crippen molar-refractivity contribution in [1.29, 1.82) is 0 Å². The summed E-state index contributed by atoms with van der Waals surface area (Å²) < 4.78 is 11.3. The van der Waals surface area contributed by atoms with Gasteiger partial charge in [-0.3, -0.25) is 4.79 Å². The van der Waals surface area contributed by atoms with Gasteiger partial charge in [0.15, 0.2) is 5.17 Å². The van der Waals surface area contributed by atoms with Crippen LogP contribution in [-0.4, -0.2) is 47.5 Å². The van der Waals surface area contributed by atoms with Crippen molar-refractivity contribution in [1.82, 2.24) is 9.80 Å². The molecule has 1 amide bonds. The fourth-order valence-electron chi connectivity index (χ4n) is 4.07. The first-order valence-corrected chi connectivity index (χ1v) is 12.5. The average molecular weight is 492 g/mol. The van der Waals surface area contributed by atoms with Crippen LogP contribution in [0.25, 0.3) is 0 Å². The van der Waals surface area contributed by atoms with Crippen molar-refractivity contribution in [3.63, 3.8) is 0 Å². The van der Waals surface area contributed by atoms with Crippen molar-refractivity contribution >= 4 is 28.8 Å². The minimum atomic E-state index is -0.495. The average Bonchev–Trinajstić information content (AvgIpc) is 3.29. The summed E-state index contributed by atoms with van der Waals surface area (Å²) in [7, 11) is 3.16. The number of aliphatic imine (C=N–C) groups is 1. The molecule has 0 saturated carbocycles. The van der Waals surface area contributed by atoms with Crippen LogP contribution in [0, 0.1) is 0 Å². The Bertz CT molecular complexity index is 1210. The molecule has 2 aromatic rings. The lowest BCUT2D eigenvalue weighted by molar-refractivity contribution is -0.136. The first-order chi connectivity index (χ1) is 17.0. The van der Waals surface area contributed by atoms with E-state index in [1.807, 2.05) is 78.8 Å². The van der Waals surface area contributed by atoms with Gasteiger partial charge in [-0.25, -0.2) is 9.79 Å². The van der Waals surface area contributed by atoms with E-state index in [9.17, 15) is 9.59 Å². The number of nitrogens with zero attached hydrogens (tertiary/aromatic N) is 3. The van der Waals surface area contributed by atoms with E-state index in [0.29, 0.717) is 30.0 Å². The molecule has 2 aliphatic rings. The second-order valence-electron chi connectivity index (χ2n) is 8.17. The zero-order chi connectivity index (χ0) is 24.9. The molecular weight excluding hydrogens is 462 g/mol. The predicted octanol–water partition coefficient (Wildman–Crippen LogP) is 5.49. The highest BCUT2D eigenvalue weighted by Gasteiger charge is 2.41. The van der Waals surface area contributed by atoms with Gasteiger partial charge in [-0.05, 0) is 48.6 Å². The molecular formula is C27H29N3O4S. The van der Waals surface area contributed by atoms with Gasteiger partial charge in [0.1, 0.15) is 11.5 Å². The van der Waals surface area contributed by atoms with Crippen LogP contribution in [0.3, 0.4) is 0 Å². The lowest BCUT2D eigenvalue weighted by Gasteiger charge is -2.37. The first kappa shape index (κ1) is 24.6. The molecule has 2 heterocycles. The van der Waals surface area contributed by atoms with Gasteiger partial charge < -0.3 is 19.3 Å². The third-order valence-electron chi connectivity index (χ3n) is 6.01. The van der Waals surface area contributed by atoms with Gasteiger partial charge in [0, 0.05) is 19.3 Å². The summed E-state index contributed by atoms with van der Waals surface area (Å²) in [5.41, 5.74) is 2.80. The maximum absolute atomic E-state index is 13.1. The number of amides is 1. The summed E-state index contributed by atoms with van der Waals surface area (Å²) >= 11 is 1.47. The predicted molar refractivity (Wildman–Crippen MR) is 138 cm³/mol. The highest BCUT2D eigenvalue weighted by atomic mass is 32.2. The normalized spacial score (nSPS) is 16.9. The Balaban J connectivity index is 1.77. The molecule has 0 aliphatic carbocycles. The maximum Gasteiger partial charge on any atom is 0.338 e. The largest absolute Gasteiger partial charge is 0.466 e. The lowest BCUT2D eigenvalue weighted by Crippen LogP contribution is -2.38. The number of amidine groups is 1. The van der Waals surface area contributed by atoms with Gasteiger partial charge >= 0.3 is 5.97 Å². The molecule has 0 aromatic heterocycles. The molecule has 35 heavy (non-hydrogen) atoms. The molecule has 2 aromatic carbocycles. The number of hydrogen-bond acceptors (Lipinski definition) is 7. The molecule has 1 atom stereocenters.